The molecule has 0 radical (unpaired) electrons. The van der Waals surface area contributed by atoms with Crippen molar-refractivity contribution >= 4 is 17.9 Å². The molecule has 0 spiro atoms. The summed E-state index contributed by atoms with van der Waals surface area (Å²) in [5.74, 6) is -0.922. The third-order valence-electron chi connectivity index (χ3n) is 11.6. The molecule has 0 saturated carbocycles. The highest BCUT2D eigenvalue weighted by Crippen LogP contribution is 2.14. The molecule has 65 heavy (non-hydrogen) atoms. The molecule has 6 heteroatoms. The van der Waals surface area contributed by atoms with Crippen molar-refractivity contribution in [3.63, 3.8) is 0 Å². The molecule has 0 heterocycles. The third kappa shape index (κ3) is 51.7. The van der Waals surface area contributed by atoms with Crippen molar-refractivity contribution in [2.24, 2.45) is 0 Å². The Kier molecular flexibility index (Phi) is 50.9. The lowest BCUT2D eigenvalue weighted by atomic mass is 10.1. The molecule has 0 aromatic rings. The van der Waals surface area contributed by atoms with Crippen LogP contribution >= 0.6 is 0 Å². The number of carbonyl (C=O) groups is 3. The Labute approximate surface area is 402 Å². The Balaban J connectivity index is 4.38. The molecular weight excluding hydrogens is 805 g/mol. The molecule has 0 aromatic carbocycles. The van der Waals surface area contributed by atoms with E-state index in [9.17, 15) is 14.4 Å². The van der Waals surface area contributed by atoms with Gasteiger partial charge in [0.15, 0.2) is 6.10 Å². The molecule has 0 rings (SSSR count). The average molecular weight is 907 g/mol. The zero-order chi connectivity index (χ0) is 47.2. The molecule has 0 aliphatic carbocycles. The summed E-state index contributed by atoms with van der Waals surface area (Å²) in [5.41, 5.74) is 0. The highest BCUT2D eigenvalue weighted by atomic mass is 16.6. The molecule has 0 saturated heterocycles. The lowest BCUT2D eigenvalue weighted by molar-refractivity contribution is -0.167. The summed E-state index contributed by atoms with van der Waals surface area (Å²) in [7, 11) is 0. The van der Waals surface area contributed by atoms with E-state index in [1.165, 1.54) is 109 Å². The first-order valence-corrected chi connectivity index (χ1v) is 27.4. The fraction of sp³-hybridized carbons (Fsp3) is 0.746. The van der Waals surface area contributed by atoms with Crippen LogP contribution in [0.25, 0.3) is 0 Å². The zero-order valence-corrected chi connectivity index (χ0v) is 42.7. The molecule has 374 valence electrons. The highest BCUT2D eigenvalue weighted by molar-refractivity contribution is 5.71. The first-order valence-electron chi connectivity index (χ1n) is 27.4. The number of hydrogen-bond acceptors (Lipinski definition) is 6. The molecule has 1 unspecified atom stereocenters. The average Bonchev–Trinajstić information content (AvgIpc) is 3.30. The van der Waals surface area contributed by atoms with Gasteiger partial charge in [0.25, 0.3) is 0 Å². The van der Waals surface area contributed by atoms with Crippen LogP contribution in [-0.2, 0) is 28.6 Å². The minimum atomic E-state index is -0.791. The third-order valence-corrected chi connectivity index (χ3v) is 11.6. The maximum atomic E-state index is 12.8. The molecule has 0 aromatic heterocycles. The number of allylic oxidation sites excluding steroid dienone is 12. The van der Waals surface area contributed by atoms with Crippen LogP contribution in [0.4, 0.5) is 0 Å². The summed E-state index contributed by atoms with van der Waals surface area (Å²) in [4.78, 5) is 38.0. The van der Waals surface area contributed by atoms with Gasteiger partial charge in [0.05, 0.1) is 0 Å². The molecule has 0 N–H and O–H groups in total. The summed E-state index contributed by atoms with van der Waals surface area (Å²) < 4.78 is 16.8. The second-order valence-corrected chi connectivity index (χ2v) is 18.1. The number of esters is 3. The second-order valence-electron chi connectivity index (χ2n) is 18.1. The van der Waals surface area contributed by atoms with Crippen LogP contribution in [0.5, 0.6) is 0 Å². The van der Waals surface area contributed by atoms with Crippen molar-refractivity contribution in [2.75, 3.05) is 13.2 Å². The van der Waals surface area contributed by atoms with Crippen LogP contribution in [0.15, 0.2) is 72.9 Å². The Morgan fingerprint density at radius 3 is 0.954 bits per heavy atom. The lowest BCUT2D eigenvalue weighted by Crippen LogP contribution is -2.30. The minimum absolute atomic E-state index is 0.0899. The van der Waals surface area contributed by atoms with Crippen LogP contribution in [0, 0.1) is 0 Å². The van der Waals surface area contributed by atoms with Gasteiger partial charge < -0.3 is 14.2 Å². The van der Waals surface area contributed by atoms with Crippen LogP contribution in [-0.4, -0.2) is 37.2 Å². The summed E-state index contributed by atoms with van der Waals surface area (Å²) in [6.07, 6.45) is 67.4. The van der Waals surface area contributed by atoms with Gasteiger partial charge in [0.2, 0.25) is 0 Å². The normalized spacial score (nSPS) is 12.6. The van der Waals surface area contributed by atoms with Gasteiger partial charge in [-0.1, -0.05) is 209 Å². The van der Waals surface area contributed by atoms with Crippen molar-refractivity contribution in [1.29, 1.82) is 0 Å². The van der Waals surface area contributed by atoms with E-state index in [-0.39, 0.29) is 31.1 Å². The number of rotatable bonds is 49. The van der Waals surface area contributed by atoms with Crippen molar-refractivity contribution in [2.45, 2.75) is 271 Å². The fourth-order valence-electron chi connectivity index (χ4n) is 7.48. The van der Waals surface area contributed by atoms with Crippen molar-refractivity contribution < 1.29 is 28.6 Å². The number of unbranched alkanes of at least 4 members (excludes halogenated alkanes) is 26. The van der Waals surface area contributed by atoms with Gasteiger partial charge in [-0.05, 0) is 109 Å². The monoisotopic (exact) mass is 907 g/mol. The first kappa shape index (κ1) is 61.9. The molecule has 1 atom stereocenters. The van der Waals surface area contributed by atoms with Crippen LogP contribution in [0.2, 0.25) is 0 Å². The maximum absolute atomic E-state index is 12.8. The molecule has 0 aliphatic heterocycles. The van der Waals surface area contributed by atoms with Gasteiger partial charge in [-0.15, -0.1) is 0 Å². The number of ether oxygens (including phenoxy) is 3. The van der Waals surface area contributed by atoms with E-state index < -0.39 is 6.10 Å². The topological polar surface area (TPSA) is 78.9 Å². The smallest absolute Gasteiger partial charge is 0.306 e. The SMILES string of the molecule is CCC/C=C\C/C=C\CCCCCCCC(=O)OC(COC(=O)CCCCCCC/C=C\CCCCCC)COC(=O)CCCCCCCC/C=C\C/C=C\C/C=C\CCCCCCC. The van der Waals surface area contributed by atoms with Gasteiger partial charge in [-0.3, -0.25) is 14.4 Å². The van der Waals surface area contributed by atoms with E-state index in [1.54, 1.807) is 0 Å². The van der Waals surface area contributed by atoms with Crippen molar-refractivity contribution in [3.8, 4) is 0 Å². The Hall–Kier alpha value is -3.15. The van der Waals surface area contributed by atoms with Crippen molar-refractivity contribution in [3.05, 3.63) is 72.9 Å². The summed E-state index contributed by atoms with van der Waals surface area (Å²) in [5, 5.41) is 0. The van der Waals surface area contributed by atoms with E-state index in [1.807, 2.05) is 0 Å². The van der Waals surface area contributed by atoms with E-state index in [0.717, 1.165) is 116 Å². The molecule has 0 aliphatic rings. The van der Waals surface area contributed by atoms with Crippen LogP contribution in [0.3, 0.4) is 0 Å². The molecule has 0 bridgehead atoms. The highest BCUT2D eigenvalue weighted by Gasteiger charge is 2.19. The van der Waals surface area contributed by atoms with Gasteiger partial charge in [0, 0.05) is 19.3 Å². The molecular formula is C59H102O6. The summed E-state index contributed by atoms with van der Waals surface area (Å²) in [6, 6.07) is 0. The predicted octanol–water partition coefficient (Wildman–Crippen LogP) is 18.2. The minimum Gasteiger partial charge on any atom is -0.462 e. The molecule has 0 amide bonds. The van der Waals surface area contributed by atoms with E-state index in [2.05, 4.69) is 93.7 Å². The van der Waals surface area contributed by atoms with E-state index in [4.69, 9.17) is 14.2 Å². The van der Waals surface area contributed by atoms with Gasteiger partial charge in [-0.25, -0.2) is 0 Å². The largest absolute Gasteiger partial charge is 0.462 e. The summed E-state index contributed by atoms with van der Waals surface area (Å²) in [6.45, 7) is 6.52. The van der Waals surface area contributed by atoms with Crippen LogP contribution < -0.4 is 0 Å². The van der Waals surface area contributed by atoms with Crippen molar-refractivity contribution in [1.82, 2.24) is 0 Å². The lowest BCUT2D eigenvalue weighted by Gasteiger charge is -2.18. The Bertz CT molecular complexity index is 1230. The second kappa shape index (κ2) is 53.5. The molecule has 6 nitrogen and oxygen atoms in total. The Morgan fingerprint density at radius 1 is 0.308 bits per heavy atom. The number of hydrogen-bond donors (Lipinski definition) is 0. The zero-order valence-electron chi connectivity index (χ0n) is 42.7. The van der Waals surface area contributed by atoms with E-state index >= 15 is 0 Å². The first-order chi connectivity index (χ1) is 32.0. The van der Waals surface area contributed by atoms with Gasteiger partial charge in [-0.2, -0.15) is 0 Å². The van der Waals surface area contributed by atoms with Gasteiger partial charge >= 0.3 is 17.9 Å². The van der Waals surface area contributed by atoms with E-state index in [0.29, 0.717) is 19.3 Å². The quantitative estimate of drug-likeness (QED) is 0.0262. The van der Waals surface area contributed by atoms with Crippen LogP contribution in [0.1, 0.15) is 265 Å². The predicted molar refractivity (Wildman–Crippen MR) is 279 cm³/mol. The molecule has 0 fully saturated rings. The maximum Gasteiger partial charge on any atom is 0.306 e. The van der Waals surface area contributed by atoms with Gasteiger partial charge in [0.1, 0.15) is 13.2 Å². The Morgan fingerprint density at radius 2 is 0.585 bits per heavy atom. The number of carbonyl (C=O) groups excluding carboxylic acids is 3. The fourth-order valence-corrected chi connectivity index (χ4v) is 7.48. The summed E-state index contributed by atoms with van der Waals surface area (Å²) >= 11 is 0. The standard InChI is InChI=1S/C59H102O6/c1-4-7-10-13-16-19-22-25-26-27-28-29-30-31-32-35-37-40-43-46-49-52-58(61)64-55-56(65-59(62)53-50-47-44-41-38-34-24-21-18-15-12-9-6-3)54-63-57(60)51-48-45-42-39-36-33-23-20-17-14-11-8-5-2/h12,15,20-25,27-28,30-31,56H,4-11,13-14,16-19,26,29,32-55H2,1-3H3/b15-12-,23-20-,24-21-,25-22-,28-27-,31-30-.